The van der Waals surface area contributed by atoms with Gasteiger partial charge in [0.15, 0.2) is 0 Å². The van der Waals surface area contributed by atoms with E-state index in [-0.39, 0.29) is 17.2 Å². The van der Waals surface area contributed by atoms with Crippen molar-refractivity contribution in [1.29, 1.82) is 0 Å². The minimum absolute atomic E-state index is 0.166. The van der Waals surface area contributed by atoms with Crippen LogP contribution in [0.2, 0.25) is 0 Å². The summed E-state index contributed by atoms with van der Waals surface area (Å²) in [6.45, 7) is 6.91. The van der Waals surface area contributed by atoms with E-state index in [0.717, 1.165) is 5.76 Å². The fourth-order valence-electron chi connectivity index (χ4n) is 2.51. The van der Waals surface area contributed by atoms with E-state index in [4.69, 9.17) is 4.42 Å². The van der Waals surface area contributed by atoms with Crippen molar-refractivity contribution in [3.8, 4) is 0 Å². The maximum Gasteiger partial charge on any atom is 0.337 e. The minimum atomic E-state index is -1.03. The molecule has 0 aliphatic heterocycles. The summed E-state index contributed by atoms with van der Waals surface area (Å²) in [4.78, 5) is 23.5. The van der Waals surface area contributed by atoms with Crippen LogP contribution in [-0.4, -0.2) is 15.6 Å². The number of carboxylic acids is 1. The summed E-state index contributed by atoms with van der Waals surface area (Å²) in [5.41, 5.74) is 0.842. The molecular formula is C15H17NO4. The number of carbonyl (C=O) groups is 1. The number of aryl methyl sites for hydroxylation is 2. The highest BCUT2D eigenvalue weighted by molar-refractivity contribution is 5.90. The lowest BCUT2D eigenvalue weighted by Crippen LogP contribution is -2.28. The van der Waals surface area contributed by atoms with Gasteiger partial charge in [-0.25, -0.2) is 4.79 Å². The fraction of sp³-hybridized carbons (Fsp3) is 0.333. The molecule has 1 N–H and O–H groups in total. The number of furan rings is 1. The molecular weight excluding hydrogens is 258 g/mol. The van der Waals surface area contributed by atoms with Gasteiger partial charge < -0.3 is 14.1 Å². The number of aromatic carboxylic acids is 1. The summed E-state index contributed by atoms with van der Waals surface area (Å²) in [6, 6.07) is 4.61. The number of aromatic nitrogens is 1. The second kappa shape index (κ2) is 5.00. The average Bonchev–Trinajstić information content (AvgIpc) is 2.74. The van der Waals surface area contributed by atoms with Gasteiger partial charge in [0.1, 0.15) is 11.5 Å². The number of hydrogen-bond acceptors (Lipinski definition) is 3. The molecule has 0 spiro atoms. The van der Waals surface area contributed by atoms with Crippen LogP contribution in [-0.2, 0) is 0 Å². The first kappa shape index (κ1) is 14.1. The van der Waals surface area contributed by atoms with E-state index in [0.29, 0.717) is 17.0 Å². The number of pyridine rings is 1. The summed E-state index contributed by atoms with van der Waals surface area (Å²) < 4.78 is 6.99. The monoisotopic (exact) mass is 275 g/mol. The smallest absolute Gasteiger partial charge is 0.337 e. The Morgan fingerprint density at radius 2 is 1.95 bits per heavy atom. The molecule has 0 aromatic carbocycles. The molecule has 0 fully saturated rings. The molecule has 0 saturated heterocycles. The molecule has 0 amide bonds. The minimum Gasteiger partial charge on any atom is -0.478 e. The van der Waals surface area contributed by atoms with E-state index < -0.39 is 5.97 Å². The van der Waals surface area contributed by atoms with E-state index in [1.807, 2.05) is 19.9 Å². The molecule has 20 heavy (non-hydrogen) atoms. The van der Waals surface area contributed by atoms with Crippen molar-refractivity contribution >= 4 is 5.97 Å². The van der Waals surface area contributed by atoms with Gasteiger partial charge in [-0.05, 0) is 45.4 Å². The Balaban J connectivity index is 2.65. The van der Waals surface area contributed by atoms with Crippen LogP contribution in [0, 0.1) is 20.8 Å². The zero-order valence-corrected chi connectivity index (χ0v) is 11.9. The van der Waals surface area contributed by atoms with Crippen molar-refractivity contribution in [3.63, 3.8) is 0 Å². The Morgan fingerprint density at radius 3 is 2.45 bits per heavy atom. The van der Waals surface area contributed by atoms with Crippen molar-refractivity contribution in [2.75, 3.05) is 0 Å². The number of hydrogen-bond donors (Lipinski definition) is 1. The van der Waals surface area contributed by atoms with Gasteiger partial charge in [0.2, 0.25) is 0 Å². The van der Waals surface area contributed by atoms with Gasteiger partial charge in [-0.15, -0.1) is 0 Å². The Hall–Kier alpha value is -2.30. The molecule has 2 aromatic rings. The maximum atomic E-state index is 12.2. The molecule has 1 unspecified atom stereocenters. The Labute approximate surface area is 116 Å². The van der Waals surface area contributed by atoms with Gasteiger partial charge in [0.25, 0.3) is 5.56 Å². The molecule has 0 saturated carbocycles. The molecule has 0 aliphatic rings. The molecule has 0 bridgehead atoms. The fourth-order valence-corrected chi connectivity index (χ4v) is 2.51. The second-order valence-electron chi connectivity index (χ2n) is 4.93. The highest BCUT2D eigenvalue weighted by Gasteiger charge is 2.21. The van der Waals surface area contributed by atoms with E-state index in [9.17, 15) is 14.7 Å². The summed E-state index contributed by atoms with van der Waals surface area (Å²) in [5, 5.41) is 9.28. The van der Waals surface area contributed by atoms with Crippen molar-refractivity contribution < 1.29 is 14.3 Å². The zero-order valence-electron chi connectivity index (χ0n) is 11.9. The van der Waals surface area contributed by atoms with Crippen LogP contribution in [0.1, 0.15) is 46.1 Å². The third-order valence-corrected chi connectivity index (χ3v) is 3.47. The van der Waals surface area contributed by atoms with Gasteiger partial charge in [-0.2, -0.15) is 0 Å². The van der Waals surface area contributed by atoms with Crippen LogP contribution in [0.4, 0.5) is 0 Å². The Kier molecular flexibility index (Phi) is 3.53. The predicted octanol–water partition coefficient (Wildman–Crippen LogP) is 2.67. The van der Waals surface area contributed by atoms with E-state index >= 15 is 0 Å². The van der Waals surface area contributed by atoms with Gasteiger partial charge in [0, 0.05) is 11.8 Å². The van der Waals surface area contributed by atoms with Crippen LogP contribution in [0.3, 0.4) is 0 Å². The molecule has 5 heteroatoms. The SMILES string of the molecule is Cc1ccc(C(C)n2c(C)c(C(=O)O)c(C)cc2=O)o1. The van der Waals surface area contributed by atoms with Gasteiger partial charge >= 0.3 is 5.97 Å². The van der Waals surface area contributed by atoms with Crippen molar-refractivity contribution in [2.45, 2.75) is 33.7 Å². The highest BCUT2D eigenvalue weighted by atomic mass is 16.4. The first-order valence-electron chi connectivity index (χ1n) is 6.35. The highest BCUT2D eigenvalue weighted by Crippen LogP contribution is 2.22. The van der Waals surface area contributed by atoms with Crippen LogP contribution in [0.15, 0.2) is 27.4 Å². The number of rotatable bonds is 3. The molecule has 0 aliphatic carbocycles. The molecule has 1 atom stereocenters. The van der Waals surface area contributed by atoms with Crippen LogP contribution in [0.5, 0.6) is 0 Å². The predicted molar refractivity (Wildman–Crippen MR) is 74.4 cm³/mol. The third-order valence-electron chi connectivity index (χ3n) is 3.47. The average molecular weight is 275 g/mol. The van der Waals surface area contributed by atoms with Crippen molar-refractivity contribution in [2.24, 2.45) is 0 Å². The van der Waals surface area contributed by atoms with E-state index in [1.165, 1.54) is 10.6 Å². The summed E-state index contributed by atoms with van der Waals surface area (Å²) >= 11 is 0. The Morgan fingerprint density at radius 1 is 1.30 bits per heavy atom. The first-order chi connectivity index (χ1) is 9.32. The van der Waals surface area contributed by atoms with Gasteiger partial charge in [-0.3, -0.25) is 4.79 Å². The number of carboxylic acid groups (broad SMARTS) is 1. The van der Waals surface area contributed by atoms with Gasteiger partial charge in [-0.1, -0.05) is 0 Å². The molecule has 0 radical (unpaired) electrons. The standard InChI is InChI=1S/C15H17NO4/c1-8-7-13(17)16(11(4)14(8)15(18)19)10(3)12-6-5-9(2)20-12/h5-7,10H,1-4H3,(H,18,19). The van der Waals surface area contributed by atoms with E-state index in [2.05, 4.69) is 0 Å². The first-order valence-corrected chi connectivity index (χ1v) is 6.35. The lowest BCUT2D eigenvalue weighted by Gasteiger charge is -2.18. The van der Waals surface area contributed by atoms with Gasteiger partial charge in [0.05, 0.1) is 11.6 Å². The molecule has 2 rings (SSSR count). The lowest BCUT2D eigenvalue weighted by molar-refractivity contribution is 0.0694. The van der Waals surface area contributed by atoms with Crippen LogP contribution in [0.25, 0.3) is 0 Å². The normalized spacial score (nSPS) is 12.4. The quantitative estimate of drug-likeness (QED) is 0.934. The van der Waals surface area contributed by atoms with Crippen molar-refractivity contribution in [1.82, 2.24) is 4.57 Å². The lowest BCUT2D eigenvalue weighted by atomic mass is 10.1. The molecule has 2 heterocycles. The number of nitrogens with zero attached hydrogens (tertiary/aromatic N) is 1. The summed E-state index contributed by atoms with van der Waals surface area (Å²) in [6.07, 6.45) is 0. The van der Waals surface area contributed by atoms with Crippen LogP contribution < -0.4 is 5.56 Å². The van der Waals surface area contributed by atoms with E-state index in [1.54, 1.807) is 19.9 Å². The maximum absolute atomic E-state index is 12.2. The molecule has 5 nitrogen and oxygen atoms in total. The zero-order chi connectivity index (χ0) is 15.0. The topological polar surface area (TPSA) is 72.4 Å². The molecule has 106 valence electrons. The largest absolute Gasteiger partial charge is 0.478 e. The third kappa shape index (κ3) is 2.27. The Bertz CT molecular complexity index is 724. The summed E-state index contributed by atoms with van der Waals surface area (Å²) in [7, 11) is 0. The summed E-state index contributed by atoms with van der Waals surface area (Å²) in [5.74, 6) is 0.354. The second-order valence-corrected chi connectivity index (χ2v) is 4.93. The van der Waals surface area contributed by atoms with Crippen molar-refractivity contribution in [3.05, 3.63) is 56.9 Å². The molecule has 2 aromatic heterocycles. The van der Waals surface area contributed by atoms with Crippen LogP contribution >= 0.6 is 0 Å².